The van der Waals surface area contributed by atoms with Crippen molar-refractivity contribution in [3.8, 4) is 10.6 Å². The van der Waals surface area contributed by atoms with Crippen molar-refractivity contribution in [3.63, 3.8) is 0 Å². The molecule has 3 rings (SSSR count). The number of nitrogens with one attached hydrogen (secondary N) is 1. The number of aromatic amines is 1. The molecule has 1 aromatic carbocycles. The molecule has 0 aliphatic rings. The van der Waals surface area contributed by atoms with E-state index in [1.807, 2.05) is 19.9 Å². The predicted octanol–water partition coefficient (Wildman–Crippen LogP) is 4.30. The van der Waals surface area contributed by atoms with Gasteiger partial charge in [-0.3, -0.25) is 4.79 Å². The number of benzene rings is 1. The molecule has 3 aromatic rings. The fourth-order valence-electron chi connectivity index (χ4n) is 3.08. The number of aromatic nitrogens is 1. The van der Waals surface area contributed by atoms with Crippen LogP contribution >= 0.6 is 11.3 Å². The van der Waals surface area contributed by atoms with E-state index in [2.05, 4.69) is 18.0 Å². The minimum absolute atomic E-state index is 0.211. The summed E-state index contributed by atoms with van der Waals surface area (Å²) in [5.41, 5.74) is 2.00. The average molecular weight is 391 g/mol. The molecule has 0 fully saturated rings. The normalized spacial score (nSPS) is 12.2. The van der Waals surface area contributed by atoms with Gasteiger partial charge in [0.15, 0.2) is 6.29 Å². The number of fused-ring (bicyclic) bond motifs is 1. The molecule has 0 bridgehead atoms. The molecule has 0 saturated carbocycles. The first kappa shape index (κ1) is 18.8. The Kier molecular flexibility index (Phi) is 5.32. The predicted molar refractivity (Wildman–Crippen MR) is 106 cm³/mol. The molecule has 2 aromatic heterocycles. The Hall–Kier alpha value is -1.96. The van der Waals surface area contributed by atoms with Gasteiger partial charge < -0.3 is 4.98 Å². The lowest BCUT2D eigenvalue weighted by atomic mass is 10.1. The Morgan fingerprint density at radius 2 is 1.85 bits per heavy atom. The van der Waals surface area contributed by atoms with Crippen LogP contribution in [0.3, 0.4) is 0 Å². The summed E-state index contributed by atoms with van der Waals surface area (Å²) in [6, 6.07) is 8.97. The minimum Gasteiger partial charge on any atom is -0.353 e. The largest absolute Gasteiger partial charge is 0.353 e. The lowest BCUT2D eigenvalue weighted by Crippen LogP contribution is -2.30. The lowest BCUT2D eigenvalue weighted by Gasteiger charge is -2.18. The molecule has 5 nitrogen and oxygen atoms in total. The van der Waals surface area contributed by atoms with E-state index in [1.165, 1.54) is 9.18 Å². The summed E-state index contributed by atoms with van der Waals surface area (Å²) in [4.78, 5) is 17.5. The quantitative estimate of drug-likeness (QED) is 0.612. The number of hydrogen-bond donors (Lipinski definition) is 1. The van der Waals surface area contributed by atoms with Gasteiger partial charge in [0.1, 0.15) is 0 Å². The summed E-state index contributed by atoms with van der Waals surface area (Å²) < 4.78 is 27.0. The molecule has 0 unspecified atom stereocenters. The second-order valence-electron chi connectivity index (χ2n) is 5.95. The Morgan fingerprint density at radius 1 is 1.12 bits per heavy atom. The molecule has 0 aliphatic heterocycles. The van der Waals surface area contributed by atoms with Gasteiger partial charge in [-0.25, -0.2) is 8.42 Å². The summed E-state index contributed by atoms with van der Waals surface area (Å²) in [6.07, 6.45) is 1.74. The van der Waals surface area contributed by atoms with Gasteiger partial charge >= 0.3 is 0 Å². The van der Waals surface area contributed by atoms with Crippen LogP contribution in [-0.2, 0) is 16.4 Å². The monoisotopic (exact) mass is 390 g/mol. The molecule has 0 spiro atoms. The zero-order chi connectivity index (χ0) is 18.9. The molecule has 0 aliphatic carbocycles. The van der Waals surface area contributed by atoms with Crippen LogP contribution in [0.15, 0.2) is 35.2 Å². The van der Waals surface area contributed by atoms with Crippen molar-refractivity contribution in [1.82, 2.24) is 9.29 Å². The van der Waals surface area contributed by atoms with E-state index < -0.39 is 10.0 Å². The number of aryl methyl sites for hydroxylation is 1. The Bertz CT molecular complexity index is 1040. The van der Waals surface area contributed by atoms with E-state index in [1.54, 1.807) is 29.5 Å². The van der Waals surface area contributed by atoms with E-state index in [0.29, 0.717) is 24.0 Å². The SMILES string of the molecule is CCc1ccc(-c2[nH]c3ccc(S(=O)(=O)N(CC)CC)cc3c2C=O)s1. The van der Waals surface area contributed by atoms with Crippen LogP contribution in [0.1, 0.15) is 36.0 Å². The number of nitrogens with zero attached hydrogens (tertiary/aromatic N) is 1. The van der Waals surface area contributed by atoms with Crippen LogP contribution in [0.25, 0.3) is 21.5 Å². The van der Waals surface area contributed by atoms with Crippen molar-refractivity contribution in [2.75, 3.05) is 13.1 Å². The van der Waals surface area contributed by atoms with Crippen LogP contribution < -0.4 is 0 Å². The van der Waals surface area contributed by atoms with Crippen molar-refractivity contribution in [2.45, 2.75) is 32.1 Å². The zero-order valence-electron chi connectivity index (χ0n) is 15.1. The van der Waals surface area contributed by atoms with E-state index in [4.69, 9.17) is 0 Å². The van der Waals surface area contributed by atoms with Crippen molar-refractivity contribution in [3.05, 3.63) is 40.8 Å². The third-order valence-electron chi connectivity index (χ3n) is 4.53. The Morgan fingerprint density at radius 3 is 2.42 bits per heavy atom. The standard InChI is InChI=1S/C19H22N2O3S2/c1-4-13-7-10-18(25-13)19-16(12-22)15-11-14(8-9-17(15)20-19)26(23,24)21(5-2)6-3/h7-12,20H,4-6H2,1-3H3. The second kappa shape index (κ2) is 7.34. The number of thiophene rings is 1. The Balaban J connectivity index is 2.17. The number of carbonyl (C=O) groups excluding carboxylic acids is 1. The van der Waals surface area contributed by atoms with Crippen LogP contribution in [0.5, 0.6) is 0 Å². The number of carbonyl (C=O) groups is 1. The number of H-pyrrole nitrogens is 1. The topological polar surface area (TPSA) is 70.2 Å². The molecular formula is C19H22N2O3S2. The maximum Gasteiger partial charge on any atom is 0.243 e. The Labute approximate surface area is 157 Å². The highest BCUT2D eigenvalue weighted by Gasteiger charge is 2.23. The van der Waals surface area contributed by atoms with Gasteiger partial charge in [0, 0.05) is 34.4 Å². The second-order valence-corrected chi connectivity index (χ2v) is 9.05. The molecule has 138 valence electrons. The van der Waals surface area contributed by atoms with Gasteiger partial charge in [0.05, 0.1) is 15.5 Å². The molecule has 0 radical (unpaired) electrons. The van der Waals surface area contributed by atoms with E-state index in [9.17, 15) is 13.2 Å². The van der Waals surface area contributed by atoms with Crippen LogP contribution in [0.2, 0.25) is 0 Å². The molecule has 26 heavy (non-hydrogen) atoms. The van der Waals surface area contributed by atoms with Crippen molar-refractivity contribution in [2.24, 2.45) is 0 Å². The number of hydrogen-bond acceptors (Lipinski definition) is 4. The van der Waals surface area contributed by atoms with Gasteiger partial charge in [0.2, 0.25) is 10.0 Å². The maximum atomic E-state index is 12.8. The number of rotatable bonds is 7. The highest BCUT2D eigenvalue weighted by molar-refractivity contribution is 7.89. The van der Waals surface area contributed by atoms with E-state index >= 15 is 0 Å². The first-order chi connectivity index (χ1) is 12.5. The maximum absolute atomic E-state index is 12.8. The first-order valence-electron chi connectivity index (χ1n) is 8.66. The highest BCUT2D eigenvalue weighted by atomic mass is 32.2. The van der Waals surface area contributed by atoms with Gasteiger partial charge in [-0.1, -0.05) is 20.8 Å². The molecule has 1 N–H and O–H groups in total. The van der Waals surface area contributed by atoms with E-state index in [0.717, 1.165) is 28.8 Å². The summed E-state index contributed by atoms with van der Waals surface area (Å²) in [6.45, 7) is 6.53. The third kappa shape index (κ3) is 3.11. The first-order valence-corrected chi connectivity index (χ1v) is 10.9. The van der Waals surface area contributed by atoms with Gasteiger partial charge in [-0.2, -0.15) is 4.31 Å². The molecule has 0 atom stereocenters. The fourth-order valence-corrected chi connectivity index (χ4v) is 5.53. The smallest absolute Gasteiger partial charge is 0.243 e. The minimum atomic E-state index is -3.57. The summed E-state index contributed by atoms with van der Waals surface area (Å²) in [7, 11) is -3.57. The van der Waals surface area contributed by atoms with Crippen LogP contribution in [0.4, 0.5) is 0 Å². The van der Waals surface area contributed by atoms with Crippen LogP contribution in [-0.4, -0.2) is 37.1 Å². The van der Waals surface area contributed by atoms with Crippen molar-refractivity contribution in [1.29, 1.82) is 0 Å². The van der Waals surface area contributed by atoms with Gasteiger partial charge in [-0.05, 0) is 36.8 Å². The molecular weight excluding hydrogens is 368 g/mol. The van der Waals surface area contributed by atoms with Gasteiger partial charge in [-0.15, -0.1) is 11.3 Å². The third-order valence-corrected chi connectivity index (χ3v) is 7.82. The lowest BCUT2D eigenvalue weighted by molar-refractivity contribution is 0.112. The van der Waals surface area contributed by atoms with Crippen molar-refractivity contribution >= 4 is 38.5 Å². The van der Waals surface area contributed by atoms with Crippen molar-refractivity contribution < 1.29 is 13.2 Å². The summed E-state index contributed by atoms with van der Waals surface area (Å²) in [5, 5.41) is 0.634. The summed E-state index contributed by atoms with van der Waals surface area (Å²) >= 11 is 1.64. The highest BCUT2D eigenvalue weighted by Crippen LogP contribution is 2.35. The average Bonchev–Trinajstić information content (AvgIpc) is 3.25. The number of aldehydes is 1. The fraction of sp³-hybridized carbons (Fsp3) is 0.316. The molecule has 0 saturated heterocycles. The van der Waals surface area contributed by atoms with Crippen LogP contribution in [0, 0.1) is 0 Å². The molecule has 7 heteroatoms. The molecule has 0 amide bonds. The van der Waals surface area contributed by atoms with E-state index in [-0.39, 0.29) is 4.90 Å². The summed E-state index contributed by atoms with van der Waals surface area (Å²) in [5.74, 6) is 0. The molecule has 2 heterocycles. The van der Waals surface area contributed by atoms with Gasteiger partial charge in [0.25, 0.3) is 0 Å². The zero-order valence-corrected chi connectivity index (χ0v) is 16.7. The number of sulfonamides is 1.